The third-order valence-electron chi connectivity index (χ3n) is 3.07. The zero-order chi connectivity index (χ0) is 14.4. The Kier molecular flexibility index (Phi) is 6.33. The monoisotopic (exact) mass is 254 g/mol. The minimum absolute atomic E-state index is 0.295. The summed E-state index contributed by atoms with van der Waals surface area (Å²) < 4.78 is 6.13. The summed E-state index contributed by atoms with van der Waals surface area (Å²) in [6.07, 6.45) is 1.90. The standard InChI is InChI=1S/C15H28NO2/c1-8-11-16(9-2,10-3)12-13(4)14(17)18-15(5,6)7/h8H,1,4,9-12H2,2-3,5-7H3/q+1. The van der Waals surface area contributed by atoms with E-state index in [2.05, 4.69) is 27.0 Å². The number of likely N-dealkylation sites (N-methyl/N-ethyl adjacent to an activating group) is 1. The van der Waals surface area contributed by atoms with Crippen LogP contribution in [0.25, 0.3) is 0 Å². The van der Waals surface area contributed by atoms with Gasteiger partial charge in [-0.05, 0) is 40.7 Å². The number of quaternary nitrogens is 1. The minimum Gasteiger partial charge on any atom is -0.456 e. The van der Waals surface area contributed by atoms with E-state index in [1.165, 1.54) is 0 Å². The summed E-state index contributed by atoms with van der Waals surface area (Å²) in [4.78, 5) is 11.9. The quantitative estimate of drug-likeness (QED) is 0.302. The molecule has 3 nitrogen and oxygen atoms in total. The molecular formula is C15H28NO2+. The average Bonchev–Trinajstić information content (AvgIpc) is 2.26. The molecule has 0 spiro atoms. The molecule has 104 valence electrons. The molecule has 0 atom stereocenters. The van der Waals surface area contributed by atoms with Crippen molar-refractivity contribution in [2.45, 2.75) is 40.2 Å². The second-order valence-corrected chi connectivity index (χ2v) is 5.71. The fourth-order valence-electron chi connectivity index (χ4n) is 1.86. The molecule has 0 fully saturated rings. The van der Waals surface area contributed by atoms with Gasteiger partial charge in [-0.25, -0.2) is 4.79 Å². The number of carbonyl (C=O) groups excluding carboxylic acids is 1. The predicted molar refractivity (Wildman–Crippen MR) is 76.3 cm³/mol. The van der Waals surface area contributed by atoms with Crippen molar-refractivity contribution in [3.05, 3.63) is 24.8 Å². The van der Waals surface area contributed by atoms with Gasteiger partial charge in [-0.15, -0.1) is 0 Å². The Hall–Kier alpha value is -1.09. The minimum atomic E-state index is -0.466. The van der Waals surface area contributed by atoms with E-state index in [0.717, 1.165) is 24.1 Å². The fraction of sp³-hybridized carbons (Fsp3) is 0.667. The van der Waals surface area contributed by atoms with Crippen LogP contribution in [0.15, 0.2) is 24.8 Å². The van der Waals surface area contributed by atoms with E-state index in [1.807, 2.05) is 26.8 Å². The number of esters is 1. The summed E-state index contributed by atoms with van der Waals surface area (Å²) in [5.41, 5.74) is 0.0718. The Labute approximate surface area is 112 Å². The molecule has 0 radical (unpaired) electrons. The zero-order valence-corrected chi connectivity index (χ0v) is 12.6. The summed E-state index contributed by atoms with van der Waals surface area (Å²) in [6.45, 7) is 20.9. The van der Waals surface area contributed by atoms with Gasteiger partial charge in [-0.3, -0.25) is 0 Å². The topological polar surface area (TPSA) is 26.3 Å². The third kappa shape index (κ3) is 5.50. The average molecular weight is 254 g/mol. The summed E-state index contributed by atoms with van der Waals surface area (Å²) in [5, 5.41) is 0. The molecule has 0 rings (SSSR count). The van der Waals surface area contributed by atoms with Gasteiger partial charge >= 0.3 is 5.97 Å². The fourth-order valence-corrected chi connectivity index (χ4v) is 1.86. The lowest BCUT2D eigenvalue weighted by Crippen LogP contribution is -2.50. The van der Waals surface area contributed by atoms with Crippen molar-refractivity contribution in [1.82, 2.24) is 0 Å². The van der Waals surface area contributed by atoms with E-state index in [9.17, 15) is 4.79 Å². The van der Waals surface area contributed by atoms with Crippen molar-refractivity contribution >= 4 is 5.97 Å². The summed E-state index contributed by atoms with van der Waals surface area (Å²) in [5.74, 6) is -0.295. The van der Waals surface area contributed by atoms with Crippen molar-refractivity contribution in [3.8, 4) is 0 Å². The van der Waals surface area contributed by atoms with Gasteiger partial charge in [0.05, 0.1) is 25.2 Å². The smallest absolute Gasteiger partial charge is 0.339 e. The Bertz CT molecular complexity index is 309. The molecule has 0 unspecified atom stereocenters. The van der Waals surface area contributed by atoms with Crippen LogP contribution in [0.5, 0.6) is 0 Å². The summed E-state index contributed by atoms with van der Waals surface area (Å²) in [6, 6.07) is 0. The van der Waals surface area contributed by atoms with Gasteiger partial charge in [0, 0.05) is 0 Å². The molecule has 0 amide bonds. The highest BCUT2D eigenvalue weighted by Crippen LogP contribution is 2.15. The van der Waals surface area contributed by atoms with Crippen LogP contribution in [0, 0.1) is 0 Å². The van der Waals surface area contributed by atoms with Gasteiger partial charge in [0.15, 0.2) is 0 Å². The van der Waals surface area contributed by atoms with Gasteiger partial charge in [0.25, 0.3) is 0 Å². The molecule has 0 aromatic carbocycles. The third-order valence-corrected chi connectivity index (χ3v) is 3.07. The maximum atomic E-state index is 11.9. The molecule has 0 aliphatic heterocycles. The molecule has 0 N–H and O–H groups in total. The highest BCUT2D eigenvalue weighted by Gasteiger charge is 2.27. The number of ether oxygens (including phenoxy) is 1. The first-order chi connectivity index (χ1) is 8.19. The van der Waals surface area contributed by atoms with Gasteiger partial charge < -0.3 is 9.22 Å². The molecule has 0 saturated heterocycles. The van der Waals surface area contributed by atoms with E-state index < -0.39 is 5.60 Å². The Morgan fingerprint density at radius 3 is 2.11 bits per heavy atom. The molecule has 0 aliphatic carbocycles. The van der Waals surface area contributed by atoms with Crippen LogP contribution in [0.2, 0.25) is 0 Å². The molecular weight excluding hydrogens is 226 g/mol. The number of rotatable bonds is 7. The lowest BCUT2D eigenvalue weighted by atomic mass is 10.1. The molecule has 0 heterocycles. The van der Waals surface area contributed by atoms with Crippen LogP contribution >= 0.6 is 0 Å². The van der Waals surface area contributed by atoms with Gasteiger partial charge in [0.2, 0.25) is 0 Å². The second-order valence-electron chi connectivity index (χ2n) is 5.71. The van der Waals surface area contributed by atoms with Crippen LogP contribution in [0.3, 0.4) is 0 Å². The van der Waals surface area contributed by atoms with Crippen molar-refractivity contribution in [2.24, 2.45) is 0 Å². The first-order valence-electron chi connectivity index (χ1n) is 6.57. The Morgan fingerprint density at radius 2 is 1.78 bits per heavy atom. The molecule has 3 heteroatoms. The Morgan fingerprint density at radius 1 is 1.28 bits per heavy atom. The summed E-state index contributed by atoms with van der Waals surface area (Å²) in [7, 11) is 0. The van der Waals surface area contributed by atoms with E-state index in [-0.39, 0.29) is 5.97 Å². The molecule has 0 aliphatic rings. The molecule has 18 heavy (non-hydrogen) atoms. The van der Waals surface area contributed by atoms with Crippen molar-refractivity contribution in [1.29, 1.82) is 0 Å². The molecule has 0 aromatic rings. The van der Waals surface area contributed by atoms with Crippen LogP contribution in [-0.2, 0) is 9.53 Å². The SMILES string of the molecule is C=CC[N+](CC)(CC)CC(=C)C(=O)OC(C)(C)C. The number of nitrogens with zero attached hydrogens (tertiary/aromatic N) is 1. The molecule has 0 bridgehead atoms. The van der Waals surface area contributed by atoms with E-state index in [0.29, 0.717) is 12.1 Å². The van der Waals surface area contributed by atoms with Gasteiger partial charge in [-0.1, -0.05) is 13.2 Å². The normalized spacial score (nSPS) is 12.1. The maximum absolute atomic E-state index is 11.9. The largest absolute Gasteiger partial charge is 0.456 e. The van der Waals surface area contributed by atoms with Crippen LogP contribution in [0.4, 0.5) is 0 Å². The van der Waals surface area contributed by atoms with Crippen LogP contribution < -0.4 is 0 Å². The zero-order valence-electron chi connectivity index (χ0n) is 12.6. The molecule has 0 saturated carbocycles. The first-order valence-corrected chi connectivity index (χ1v) is 6.57. The highest BCUT2D eigenvalue weighted by molar-refractivity contribution is 5.88. The van der Waals surface area contributed by atoms with Crippen molar-refractivity contribution in [2.75, 3.05) is 26.2 Å². The van der Waals surface area contributed by atoms with Crippen molar-refractivity contribution < 1.29 is 14.0 Å². The van der Waals surface area contributed by atoms with Crippen molar-refractivity contribution in [3.63, 3.8) is 0 Å². The predicted octanol–water partition coefficient (Wildman–Crippen LogP) is 2.93. The number of hydrogen-bond acceptors (Lipinski definition) is 2. The van der Waals surface area contributed by atoms with E-state index in [4.69, 9.17) is 4.74 Å². The van der Waals surface area contributed by atoms with Crippen LogP contribution in [-0.4, -0.2) is 42.2 Å². The van der Waals surface area contributed by atoms with Crippen LogP contribution in [0.1, 0.15) is 34.6 Å². The highest BCUT2D eigenvalue weighted by atomic mass is 16.6. The summed E-state index contributed by atoms with van der Waals surface area (Å²) >= 11 is 0. The first kappa shape index (κ1) is 16.9. The Balaban J connectivity index is 4.70. The lowest BCUT2D eigenvalue weighted by molar-refractivity contribution is -0.914. The number of hydrogen-bond donors (Lipinski definition) is 0. The van der Waals surface area contributed by atoms with Gasteiger partial charge in [-0.2, -0.15) is 0 Å². The molecule has 0 aromatic heterocycles. The second kappa shape index (κ2) is 6.74. The van der Waals surface area contributed by atoms with E-state index in [1.54, 1.807) is 0 Å². The maximum Gasteiger partial charge on any atom is 0.339 e. The number of carbonyl (C=O) groups is 1. The lowest BCUT2D eigenvalue weighted by Gasteiger charge is -2.36. The van der Waals surface area contributed by atoms with E-state index >= 15 is 0 Å². The van der Waals surface area contributed by atoms with Gasteiger partial charge in [0.1, 0.15) is 12.1 Å².